The number of rotatable bonds is 3. The van der Waals surface area contributed by atoms with Crippen molar-refractivity contribution in [1.29, 1.82) is 0 Å². The van der Waals surface area contributed by atoms with E-state index in [1.165, 1.54) is 10.8 Å². The molecule has 0 radical (unpaired) electrons. The minimum Gasteiger partial charge on any atom is -0.453 e. The number of benzene rings is 4. The monoisotopic (exact) mass is 381 g/mol. The smallest absolute Gasteiger partial charge is 0.155 e. The van der Waals surface area contributed by atoms with Crippen LogP contribution in [0.1, 0.15) is 13.8 Å². The summed E-state index contributed by atoms with van der Waals surface area (Å²) in [7, 11) is 1.82. The first-order chi connectivity index (χ1) is 14.2. The van der Waals surface area contributed by atoms with Crippen LogP contribution >= 0.6 is 0 Å². The summed E-state index contributed by atoms with van der Waals surface area (Å²) < 4.78 is 6.34. The second kappa shape index (κ2) is 6.89. The highest BCUT2D eigenvalue weighted by Gasteiger charge is 2.16. The summed E-state index contributed by atoms with van der Waals surface area (Å²) in [5, 5.41) is 5.48. The molecule has 0 unspecified atom stereocenters. The SMILES string of the molecule is CCN(CC)c1ccc2nc3c4cc5ccccc5cc4c(=NC)cc-3oc2c1. The van der Waals surface area contributed by atoms with Crippen LogP contribution in [0, 0.1) is 0 Å². The molecule has 0 spiro atoms. The first-order valence-corrected chi connectivity index (χ1v) is 10.1. The lowest BCUT2D eigenvalue weighted by Gasteiger charge is -2.21. The number of anilines is 1. The van der Waals surface area contributed by atoms with Gasteiger partial charge in [-0.3, -0.25) is 4.99 Å². The van der Waals surface area contributed by atoms with Crippen molar-refractivity contribution >= 4 is 38.3 Å². The van der Waals surface area contributed by atoms with Crippen LogP contribution in [0.25, 0.3) is 44.1 Å². The Labute approximate surface area is 169 Å². The van der Waals surface area contributed by atoms with E-state index in [2.05, 4.69) is 78.3 Å². The maximum Gasteiger partial charge on any atom is 0.155 e. The Kier molecular flexibility index (Phi) is 4.20. The molecule has 0 N–H and O–H groups in total. The molecule has 1 aliphatic carbocycles. The van der Waals surface area contributed by atoms with Crippen LogP contribution in [0.15, 0.2) is 70.1 Å². The van der Waals surface area contributed by atoms with Crippen LogP contribution in [0.2, 0.25) is 0 Å². The molecule has 2 aliphatic rings. The summed E-state index contributed by atoms with van der Waals surface area (Å²) in [6.07, 6.45) is 0. The fourth-order valence-corrected chi connectivity index (χ4v) is 4.13. The average molecular weight is 381 g/mol. The summed E-state index contributed by atoms with van der Waals surface area (Å²) in [6, 6.07) is 21.0. The molecule has 0 saturated carbocycles. The minimum atomic E-state index is 0.762. The average Bonchev–Trinajstić information content (AvgIpc) is 2.77. The molecular formula is C25H23N3O. The largest absolute Gasteiger partial charge is 0.453 e. The maximum atomic E-state index is 6.34. The van der Waals surface area contributed by atoms with E-state index in [9.17, 15) is 0 Å². The third-order valence-electron chi connectivity index (χ3n) is 5.68. The number of fused-ring (bicyclic) bond motifs is 5. The molecule has 0 amide bonds. The highest BCUT2D eigenvalue weighted by atomic mass is 16.3. The van der Waals surface area contributed by atoms with Crippen LogP contribution in [0.5, 0.6) is 0 Å². The Morgan fingerprint density at radius 1 is 0.897 bits per heavy atom. The van der Waals surface area contributed by atoms with Crippen molar-refractivity contribution in [3.63, 3.8) is 0 Å². The lowest BCUT2D eigenvalue weighted by Crippen LogP contribution is -2.21. The predicted molar refractivity (Wildman–Crippen MR) is 121 cm³/mol. The van der Waals surface area contributed by atoms with Crippen molar-refractivity contribution in [2.75, 3.05) is 25.0 Å². The van der Waals surface area contributed by atoms with Gasteiger partial charge < -0.3 is 9.32 Å². The maximum absolute atomic E-state index is 6.34. The topological polar surface area (TPSA) is 41.6 Å². The van der Waals surface area contributed by atoms with Gasteiger partial charge in [-0.15, -0.1) is 0 Å². The zero-order valence-electron chi connectivity index (χ0n) is 16.9. The third-order valence-corrected chi connectivity index (χ3v) is 5.68. The first kappa shape index (κ1) is 17.7. The van der Waals surface area contributed by atoms with E-state index in [4.69, 9.17) is 9.40 Å². The summed E-state index contributed by atoms with van der Waals surface area (Å²) in [5.74, 6) is 0.762. The molecule has 0 atom stereocenters. The number of nitrogens with zero attached hydrogens (tertiary/aromatic N) is 3. The Balaban J connectivity index is 1.86. The second-order valence-electron chi connectivity index (χ2n) is 7.25. The molecule has 4 heteroatoms. The molecule has 3 aromatic rings. The van der Waals surface area contributed by atoms with Gasteiger partial charge >= 0.3 is 0 Å². The Morgan fingerprint density at radius 2 is 1.62 bits per heavy atom. The quantitative estimate of drug-likeness (QED) is 0.301. The van der Waals surface area contributed by atoms with Crippen LogP contribution in [0.4, 0.5) is 5.69 Å². The first-order valence-electron chi connectivity index (χ1n) is 10.1. The highest BCUT2D eigenvalue weighted by molar-refractivity contribution is 6.04. The molecule has 1 aliphatic heterocycles. The van der Waals surface area contributed by atoms with Crippen molar-refractivity contribution in [1.82, 2.24) is 4.98 Å². The summed E-state index contributed by atoms with van der Waals surface area (Å²) in [4.78, 5) is 11.8. The van der Waals surface area contributed by atoms with Crippen molar-refractivity contribution < 1.29 is 4.42 Å². The molecule has 29 heavy (non-hydrogen) atoms. The highest BCUT2D eigenvalue weighted by Crippen LogP contribution is 2.33. The van der Waals surface area contributed by atoms with Gasteiger partial charge in [0.25, 0.3) is 0 Å². The van der Waals surface area contributed by atoms with Gasteiger partial charge in [0.05, 0.1) is 5.36 Å². The van der Waals surface area contributed by atoms with Gasteiger partial charge in [-0.2, -0.15) is 0 Å². The molecule has 1 heterocycles. The lowest BCUT2D eigenvalue weighted by molar-refractivity contribution is 0.613. The number of hydrogen-bond acceptors (Lipinski definition) is 4. The van der Waals surface area contributed by atoms with Crippen molar-refractivity contribution in [2.45, 2.75) is 13.8 Å². The fourth-order valence-electron chi connectivity index (χ4n) is 4.13. The molecule has 0 aromatic heterocycles. The minimum absolute atomic E-state index is 0.762. The van der Waals surface area contributed by atoms with Crippen LogP contribution in [0.3, 0.4) is 0 Å². The Bertz CT molecular complexity index is 1400. The van der Waals surface area contributed by atoms with Crippen molar-refractivity contribution in [3.8, 4) is 11.5 Å². The Hall–Kier alpha value is -3.40. The van der Waals surface area contributed by atoms with Crippen LogP contribution in [-0.4, -0.2) is 25.1 Å². The van der Waals surface area contributed by atoms with Crippen LogP contribution < -0.4 is 10.3 Å². The van der Waals surface area contributed by atoms with Gasteiger partial charge in [0, 0.05) is 48.7 Å². The van der Waals surface area contributed by atoms with Gasteiger partial charge in [0.1, 0.15) is 11.2 Å². The fraction of sp³-hybridized carbons (Fsp3) is 0.200. The Morgan fingerprint density at radius 3 is 2.31 bits per heavy atom. The van der Waals surface area contributed by atoms with Gasteiger partial charge in [0.2, 0.25) is 0 Å². The van der Waals surface area contributed by atoms with Crippen molar-refractivity contribution in [3.05, 3.63) is 66.0 Å². The van der Waals surface area contributed by atoms with E-state index < -0.39 is 0 Å². The van der Waals surface area contributed by atoms with E-state index in [0.717, 1.165) is 57.5 Å². The third kappa shape index (κ3) is 2.83. The van der Waals surface area contributed by atoms with E-state index >= 15 is 0 Å². The van der Waals surface area contributed by atoms with Gasteiger partial charge in [-0.25, -0.2) is 4.98 Å². The molecule has 0 fully saturated rings. The number of hydrogen-bond donors (Lipinski definition) is 0. The normalized spacial score (nSPS) is 12.4. The summed E-state index contributed by atoms with van der Waals surface area (Å²) >= 11 is 0. The molecular weight excluding hydrogens is 358 g/mol. The van der Waals surface area contributed by atoms with E-state index in [0.29, 0.717) is 0 Å². The standard InChI is InChI=1S/C25H23N3O/c1-4-28(5-2)18-10-11-21-23(14-18)29-24-15-22(26-3)19-12-16-8-6-7-9-17(16)13-20(19)25(24)27-21/h6-15H,4-5H2,1-3H3. The lowest BCUT2D eigenvalue weighted by atomic mass is 9.99. The van der Waals surface area contributed by atoms with Crippen LogP contribution in [-0.2, 0) is 0 Å². The van der Waals surface area contributed by atoms with E-state index in [1.807, 2.05) is 13.1 Å². The van der Waals surface area contributed by atoms with Gasteiger partial charge in [-0.1, -0.05) is 24.3 Å². The predicted octanol–water partition coefficient (Wildman–Crippen LogP) is 5.62. The zero-order valence-corrected chi connectivity index (χ0v) is 16.9. The van der Waals surface area contributed by atoms with Crippen molar-refractivity contribution in [2.24, 2.45) is 4.99 Å². The summed E-state index contributed by atoms with van der Waals surface area (Å²) in [5.41, 5.74) is 3.69. The zero-order chi connectivity index (χ0) is 20.0. The molecule has 3 aromatic carbocycles. The van der Waals surface area contributed by atoms with Gasteiger partial charge in [-0.05, 0) is 48.9 Å². The molecule has 144 valence electrons. The molecule has 0 bridgehead atoms. The summed E-state index contributed by atoms with van der Waals surface area (Å²) in [6.45, 7) is 6.24. The van der Waals surface area contributed by atoms with E-state index in [1.54, 1.807) is 0 Å². The van der Waals surface area contributed by atoms with Gasteiger partial charge in [0.15, 0.2) is 11.3 Å². The molecule has 0 saturated heterocycles. The van der Waals surface area contributed by atoms with E-state index in [-0.39, 0.29) is 0 Å². The second-order valence-corrected chi connectivity index (χ2v) is 7.25. The molecule has 5 rings (SSSR count). The molecule has 4 nitrogen and oxygen atoms in total. The number of aromatic nitrogens is 1.